The fourth-order valence-corrected chi connectivity index (χ4v) is 3.65. The van der Waals surface area contributed by atoms with Gasteiger partial charge in [0.25, 0.3) is 0 Å². The van der Waals surface area contributed by atoms with Crippen LogP contribution in [0.25, 0.3) is 0 Å². The molecule has 0 saturated heterocycles. The molecule has 4 nitrogen and oxygen atoms in total. The highest BCUT2D eigenvalue weighted by molar-refractivity contribution is 9.10. The number of fused-ring (bicyclic) bond motifs is 1. The smallest absolute Gasteiger partial charge is 0.244 e. The lowest BCUT2D eigenvalue weighted by atomic mass is 9.90. The van der Waals surface area contributed by atoms with Crippen LogP contribution in [0.2, 0.25) is 0 Å². The van der Waals surface area contributed by atoms with Gasteiger partial charge in [-0.05, 0) is 70.4 Å². The second-order valence-electron chi connectivity index (χ2n) is 6.76. The maximum atomic E-state index is 12.5. The Labute approximate surface area is 162 Å². The predicted octanol–water partition coefficient (Wildman–Crippen LogP) is 3.97. The summed E-state index contributed by atoms with van der Waals surface area (Å²) in [6.45, 7) is 0.0328. The van der Waals surface area contributed by atoms with E-state index in [2.05, 4.69) is 33.4 Å². The van der Waals surface area contributed by atoms with Crippen LogP contribution in [0.3, 0.4) is 0 Å². The first-order chi connectivity index (χ1) is 12.5. The number of carbonyl (C=O) groups is 2. The van der Waals surface area contributed by atoms with E-state index in [0.717, 1.165) is 22.9 Å². The molecule has 3 rings (SSSR count). The van der Waals surface area contributed by atoms with E-state index in [1.54, 1.807) is 7.05 Å². The molecule has 2 amide bonds. The first-order valence-corrected chi connectivity index (χ1v) is 9.71. The molecule has 1 aliphatic rings. The highest BCUT2D eigenvalue weighted by atomic mass is 79.9. The Hall–Kier alpha value is -2.14. The second kappa shape index (κ2) is 8.49. The van der Waals surface area contributed by atoms with Crippen molar-refractivity contribution in [3.63, 3.8) is 0 Å². The minimum atomic E-state index is -0.210. The van der Waals surface area contributed by atoms with Crippen LogP contribution in [-0.2, 0) is 28.9 Å². The Morgan fingerprint density at radius 1 is 1.08 bits per heavy atom. The average molecular weight is 415 g/mol. The molecule has 0 fully saturated rings. The van der Waals surface area contributed by atoms with Crippen molar-refractivity contribution in [3.05, 3.63) is 63.6 Å². The summed E-state index contributed by atoms with van der Waals surface area (Å²) in [5.41, 5.74) is 4.51. The van der Waals surface area contributed by atoms with Gasteiger partial charge in [-0.1, -0.05) is 30.3 Å². The standard InChI is InChI=1S/C21H23BrN2O2/c1-24(14-20(25)23-19-9-5-4-8-18(19)22)21(26)13-15-10-11-16-6-2-3-7-17(16)12-15/h4-5,8-12H,2-3,6-7,13-14H2,1H3,(H,23,25). The number of carbonyl (C=O) groups excluding carboxylic acids is 2. The van der Waals surface area contributed by atoms with Crippen molar-refractivity contribution in [1.29, 1.82) is 0 Å². The van der Waals surface area contributed by atoms with Crippen LogP contribution in [0.5, 0.6) is 0 Å². The van der Waals surface area contributed by atoms with Gasteiger partial charge in [-0.2, -0.15) is 0 Å². The molecule has 0 aromatic heterocycles. The molecule has 2 aromatic rings. The van der Waals surface area contributed by atoms with Crippen LogP contribution >= 0.6 is 15.9 Å². The number of likely N-dealkylation sites (N-methyl/N-ethyl adjacent to an activating group) is 1. The third-order valence-corrected chi connectivity index (χ3v) is 5.41. The van der Waals surface area contributed by atoms with Crippen LogP contribution in [0.4, 0.5) is 5.69 Å². The summed E-state index contributed by atoms with van der Waals surface area (Å²) in [7, 11) is 1.67. The number of hydrogen-bond donors (Lipinski definition) is 1. The average Bonchev–Trinajstić information content (AvgIpc) is 2.63. The maximum absolute atomic E-state index is 12.5. The van der Waals surface area contributed by atoms with E-state index >= 15 is 0 Å². The quantitative estimate of drug-likeness (QED) is 0.804. The fourth-order valence-electron chi connectivity index (χ4n) is 3.26. The maximum Gasteiger partial charge on any atom is 0.244 e. The molecule has 136 valence electrons. The van der Waals surface area contributed by atoms with Gasteiger partial charge in [0.05, 0.1) is 18.7 Å². The van der Waals surface area contributed by atoms with Crippen LogP contribution in [0, 0.1) is 0 Å². The zero-order valence-electron chi connectivity index (χ0n) is 14.9. The highest BCUT2D eigenvalue weighted by Crippen LogP contribution is 2.23. The van der Waals surface area contributed by atoms with E-state index in [9.17, 15) is 9.59 Å². The Morgan fingerprint density at radius 3 is 2.58 bits per heavy atom. The van der Waals surface area contributed by atoms with Crippen molar-refractivity contribution in [2.24, 2.45) is 0 Å². The minimum absolute atomic E-state index is 0.0328. The third kappa shape index (κ3) is 4.73. The molecule has 0 unspecified atom stereocenters. The number of para-hydroxylation sites is 1. The second-order valence-corrected chi connectivity index (χ2v) is 7.62. The fraction of sp³-hybridized carbons (Fsp3) is 0.333. The summed E-state index contributed by atoms with van der Waals surface area (Å²) < 4.78 is 0.816. The zero-order valence-corrected chi connectivity index (χ0v) is 16.5. The van der Waals surface area contributed by atoms with Gasteiger partial charge in [-0.25, -0.2) is 0 Å². The van der Waals surface area contributed by atoms with E-state index < -0.39 is 0 Å². The van der Waals surface area contributed by atoms with Gasteiger partial charge in [0.2, 0.25) is 11.8 Å². The third-order valence-electron chi connectivity index (χ3n) is 4.72. The number of nitrogens with zero attached hydrogens (tertiary/aromatic N) is 1. The van der Waals surface area contributed by atoms with Crippen molar-refractivity contribution in [2.45, 2.75) is 32.1 Å². The zero-order chi connectivity index (χ0) is 18.5. The van der Waals surface area contributed by atoms with Crippen molar-refractivity contribution in [1.82, 2.24) is 4.90 Å². The lowest BCUT2D eigenvalue weighted by Crippen LogP contribution is -2.35. The van der Waals surface area contributed by atoms with Crippen LogP contribution in [0.15, 0.2) is 46.9 Å². The number of nitrogens with one attached hydrogen (secondary N) is 1. The Kier molecular flexibility index (Phi) is 6.09. The first kappa shape index (κ1) is 18.6. The Bertz CT molecular complexity index is 819. The van der Waals surface area contributed by atoms with Gasteiger partial charge in [-0.3, -0.25) is 9.59 Å². The number of halogens is 1. The first-order valence-electron chi connectivity index (χ1n) is 8.92. The number of benzene rings is 2. The van der Waals surface area contributed by atoms with Crippen LogP contribution in [0.1, 0.15) is 29.5 Å². The molecule has 1 aliphatic carbocycles. The topological polar surface area (TPSA) is 49.4 Å². The molecule has 0 heterocycles. The number of aryl methyl sites for hydroxylation is 2. The predicted molar refractivity (Wildman–Crippen MR) is 107 cm³/mol. The number of hydrogen-bond acceptors (Lipinski definition) is 2. The highest BCUT2D eigenvalue weighted by Gasteiger charge is 2.16. The molecule has 26 heavy (non-hydrogen) atoms. The molecule has 0 aliphatic heterocycles. The van der Waals surface area contributed by atoms with Crippen LogP contribution < -0.4 is 5.32 Å². The van der Waals surface area contributed by atoms with E-state index in [0.29, 0.717) is 12.1 Å². The normalized spacial score (nSPS) is 13.0. The van der Waals surface area contributed by atoms with Crippen molar-refractivity contribution >= 4 is 33.4 Å². The van der Waals surface area contributed by atoms with E-state index in [1.807, 2.05) is 30.3 Å². The van der Waals surface area contributed by atoms with Gasteiger partial charge in [0.15, 0.2) is 0 Å². The number of anilines is 1. The number of rotatable bonds is 5. The Balaban J connectivity index is 1.56. The SMILES string of the molecule is CN(CC(=O)Nc1ccccc1Br)C(=O)Cc1ccc2c(c1)CCCC2. The van der Waals surface area contributed by atoms with E-state index in [4.69, 9.17) is 0 Å². The van der Waals surface area contributed by atoms with Gasteiger partial charge in [0.1, 0.15) is 0 Å². The van der Waals surface area contributed by atoms with Crippen molar-refractivity contribution in [2.75, 3.05) is 18.9 Å². The molecule has 0 spiro atoms. The van der Waals surface area contributed by atoms with Crippen LogP contribution in [-0.4, -0.2) is 30.3 Å². The minimum Gasteiger partial charge on any atom is -0.336 e. The van der Waals surface area contributed by atoms with Gasteiger partial charge in [-0.15, -0.1) is 0 Å². The summed E-state index contributed by atoms with van der Waals surface area (Å²) in [5, 5.41) is 2.82. The van der Waals surface area contributed by atoms with E-state index in [1.165, 1.54) is 28.9 Å². The summed E-state index contributed by atoms with van der Waals surface area (Å²) >= 11 is 3.40. The summed E-state index contributed by atoms with van der Waals surface area (Å²) in [6.07, 6.45) is 5.03. The molecule has 0 bridgehead atoms. The Morgan fingerprint density at radius 2 is 1.81 bits per heavy atom. The molecule has 0 saturated carbocycles. The lowest BCUT2D eigenvalue weighted by molar-refractivity contribution is -0.132. The lowest BCUT2D eigenvalue weighted by Gasteiger charge is -2.19. The molecular formula is C21H23BrN2O2. The van der Waals surface area contributed by atoms with Gasteiger partial charge >= 0.3 is 0 Å². The summed E-state index contributed by atoms with van der Waals surface area (Å²) in [6, 6.07) is 13.8. The molecule has 0 radical (unpaired) electrons. The largest absolute Gasteiger partial charge is 0.336 e. The monoisotopic (exact) mass is 414 g/mol. The van der Waals surface area contributed by atoms with Crippen molar-refractivity contribution < 1.29 is 9.59 Å². The molecule has 0 atom stereocenters. The summed E-state index contributed by atoms with van der Waals surface area (Å²) in [4.78, 5) is 26.1. The van der Waals surface area contributed by atoms with Crippen molar-refractivity contribution in [3.8, 4) is 0 Å². The van der Waals surface area contributed by atoms with E-state index in [-0.39, 0.29) is 18.4 Å². The molecule has 2 aromatic carbocycles. The van der Waals surface area contributed by atoms with Gasteiger partial charge in [0, 0.05) is 11.5 Å². The summed E-state index contributed by atoms with van der Waals surface area (Å²) in [5.74, 6) is -0.263. The molecule has 5 heteroatoms. The number of amides is 2. The van der Waals surface area contributed by atoms with Gasteiger partial charge < -0.3 is 10.2 Å². The molecular weight excluding hydrogens is 392 g/mol. The molecule has 1 N–H and O–H groups in total.